The molecule has 12 heteroatoms. The van der Waals surface area contributed by atoms with Crippen molar-refractivity contribution in [3.05, 3.63) is 47.8 Å². The lowest BCUT2D eigenvalue weighted by molar-refractivity contribution is -0.155. The maximum absolute atomic E-state index is 13.6. The second-order valence-electron chi connectivity index (χ2n) is 10.5. The van der Waals surface area contributed by atoms with Crippen LogP contribution in [-0.2, 0) is 19.1 Å². The first-order valence-electron chi connectivity index (χ1n) is 13.6. The molecular formula is C29H37N5O7. The van der Waals surface area contributed by atoms with Crippen molar-refractivity contribution in [2.45, 2.75) is 59.1 Å². The van der Waals surface area contributed by atoms with Crippen LogP contribution in [0.25, 0.3) is 11.4 Å². The highest BCUT2D eigenvalue weighted by molar-refractivity contribution is 5.99. The summed E-state index contributed by atoms with van der Waals surface area (Å²) in [5, 5.41) is 2.70. The first kappa shape index (κ1) is 31.2. The number of esters is 1. The molecule has 0 spiro atoms. The standard InChI is InChI=1S/C29H37N5O7/c1-6-40-28(39)34-16-14-33(15-17-34)27(38)21(12-13-24(36)41-29(3,4)5)32-26(37)23-18-22(19(2)35)30-25(31-23)20-10-8-7-9-11-20/h7-11,18,21H,6,12-17H2,1-5H3,(H,32,37)/t21-/m0/s1. The van der Waals surface area contributed by atoms with Gasteiger partial charge in [0.25, 0.3) is 5.91 Å². The SMILES string of the molecule is CCOC(=O)N1CCN(C(=O)[C@H](CCC(=O)OC(C)(C)C)NC(=O)c2cc(C(C)=O)nc(-c3ccccc3)n2)CC1. The van der Waals surface area contributed by atoms with E-state index in [-0.39, 0.29) is 68.6 Å². The number of piperazine rings is 1. The van der Waals surface area contributed by atoms with Gasteiger partial charge in [-0.25, -0.2) is 14.8 Å². The number of nitrogens with zero attached hydrogens (tertiary/aromatic N) is 4. The molecule has 220 valence electrons. The Labute approximate surface area is 239 Å². The Morgan fingerprint density at radius 2 is 1.56 bits per heavy atom. The number of carbonyl (C=O) groups excluding carboxylic acids is 5. The third kappa shape index (κ3) is 9.09. The Hall–Kier alpha value is -4.35. The van der Waals surface area contributed by atoms with Crippen molar-refractivity contribution >= 4 is 29.7 Å². The van der Waals surface area contributed by atoms with Crippen LogP contribution in [0.15, 0.2) is 36.4 Å². The summed E-state index contributed by atoms with van der Waals surface area (Å²) < 4.78 is 10.4. The Bertz CT molecular complexity index is 1270. The van der Waals surface area contributed by atoms with Crippen molar-refractivity contribution in [2.75, 3.05) is 32.8 Å². The van der Waals surface area contributed by atoms with Crippen LogP contribution in [0.4, 0.5) is 4.79 Å². The van der Waals surface area contributed by atoms with Gasteiger partial charge in [-0.2, -0.15) is 0 Å². The van der Waals surface area contributed by atoms with E-state index in [1.807, 2.05) is 6.07 Å². The highest BCUT2D eigenvalue weighted by Gasteiger charge is 2.32. The monoisotopic (exact) mass is 567 g/mol. The lowest BCUT2D eigenvalue weighted by Gasteiger charge is -2.36. The van der Waals surface area contributed by atoms with Crippen LogP contribution in [0, 0.1) is 0 Å². The molecule has 1 atom stereocenters. The Morgan fingerprint density at radius 1 is 0.951 bits per heavy atom. The number of hydrogen-bond acceptors (Lipinski definition) is 9. The molecule has 1 fully saturated rings. The number of ketones is 1. The van der Waals surface area contributed by atoms with Crippen molar-refractivity contribution in [1.29, 1.82) is 0 Å². The van der Waals surface area contributed by atoms with E-state index in [1.54, 1.807) is 52.0 Å². The molecule has 1 aromatic carbocycles. The summed E-state index contributed by atoms with van der Waals surface area (Å²) in [7, 11) is 0. The number of Topliss-reactive ketones (excluding diaryl/α,β-unsaturated/α-hetero) is 1. The Balaban J connectivity index is 1.82. The molecule has 41 heavy (non-hydrogen) atoms. The molecular weight excluding hydrogens is 530 g/mol. The minimum Gasteiger partial charge on any atom is -0.460 e. The van der Waals surface area contributed by atoms with E-state index >= 15 is 0 Å². The van der Waals surface area contributed by atoms with Crippen LogP contribution >= 0.6 is 0 Å². The minimum atomic E-state index is -1.08. The summed E-state index contributed by atoms with van der Waals surface area (Å²) in [6, 6.07) is 9.09. The molecule has 3 rings (SSSR count). The minimum absolute atomic E-state index is 0.0201. The number of aromatic nitrogens is 2. The first-order chi connectivity index (χ1) is 19.4. The molecule has 1 aromatic heterocycles. The second-order valence-corrected chi connectivity index (χ2v) is 10.5. The fraction of sp³-hybridized carbons (Fsp3) is 0.483. The fourth-order valence-corrected chi connectivity index (χ4v) is 4.15. The van der Waals surface area contributed by atoms with Gasteiger partial charge < -0.3 is 24.6 Å². The molecule has 1 saturated heterocycles. The van der Waals surface area contributed by atoms with Crippen molar-refractivity contribution in [1.82, 2.24) is 25.1 Å². The Kier molecular flexibility index (Phi) is 10.5. The van der Waals surface area contributed by atoms with Crippen LogP contribution in [0.1, 0.15) is 68.4 Å². The number of carbonyl (C=O) groups is 5. The highest BCUT2D eigenvalue weighted by Crippen LogP contribution is 2.17. The van der Waals surface area contributed by atoms with E-state index in [2.05, 4.69) is 15.3 Å². The summed E-state index contributed by atoms with van der Waals surface area (Å²) in [4.78, 5) is 75.3. The number of amides is 3. The van der Waals surface area contributed by atoms with Gasteiger partial charge in [0.2, 0.25) is 5.91 Å². The van der Waals surface area contributed by atoms with E-state index in [0.717, 1.165) is 0 Å². The van der Waals surface area contributed by atoms with Crippen LogP contribution in [0.5, 0.6) is 0 Å². The maximum Gasteiger partial charge on any atom is 0.409 e. The fourth-order valence-electron chi connectivity index (χ4n) is 4.15. The van der Waals surface area contributed by atoms with Gasteiger partial charge in [0.1, 0.15) is 23.0 Å². The van der Waals surface area contributed by atoms with Gasteiger partial charge in [-0.05, 0) is 40.2 Å². The normalized spacial score (nSPS) is 14.2. The number of hydrogen-bond donors (Lipinski definition) is 1. The van der Waals surface area contributed by atoms with Gasteiger partial charge in [-0.3, -0.25) is 19.2 Å². The average molecular weight is 568 g/mol. The maximum atomic E-state index is 13.6. The molecule has 2 aromatic rings. The van der Waals surface area contributed by atoms with E-state index in [9.17, 15) is 24.0 Å². The van der Waals surface area contributed by atoms with Crippen molar-refractivity contribution in [2.24, 2.45) is 0 Å². The van der Waals surface area contributed by atoms with Gasteiger partial charge in [-0.1, -0.05) is 30.3 Å². The highest BCUT2D eigenvalue weighted by atomic mass is 16.6. The van der Waals surface area contributed by atoms with E-state index in [0.29, 0.717) is 5.56 Å². The van der Waals surface area contributed by atoms with Crippen LogP contribution in [0.2, 0.25) is 0 Å². The summed E-state index contributed by atoms with van der Waals surface area (Å²) in [6.45, 7) is 9.53. The molecule has 0 radical (unpaired) electrons. The van der Waals surface area contributed by atoms with Gasteiger partial charge in [0, 0.05) is 45.1 Å². The number of benzene rings is 1. The molecule has 0 aliphatic carbocycles. The summed E-state index contributed by atoms with van der Waals surface area (Å²) in [5.41, 5.74) is -0.134. The van der Waals surface area contributed by atoms with Crippen LogP contribution in [0.3, 0.4) is 0 Å². The van der Waals surface area contributed by atoms with Crippen molar-refractivity contribution in [3.8, 4) is 11.4 Å². The van der Waals surface area contributed by atoms with Crippen LogP contribution in [-0.4, -0.2) is 93.9 Å². The predicted molar refractivity (Wildman–Crippen MR) is 149 cm³/mol. The van der Waals surface area contributed by atoms with Crippen molar-refractivity contribution < 1.29 is 33.4 Å². The van der Waals surface area contributed by atoms with Crippen LogP contribution < -0.4 is 5.32 Å². The largest absolute Gasteiger partial charge is 0.460 e. The molecule has 1 aliphatic heterocycles. The zero-order valence-corrected chi connectivity index (χ0v) is 24.1. The van der Waals surface area contributed by atoms with Gasteiger partial charge in [0.15, 0.2) is 11.6 Å². The molecule has 0 saturated carbocycles. The third-order valence-corrected chi connectivity index (χ3v) is 6.13. The van der Waals surface area contributed by atoms with E-state index < -0.39 is 35.5 Å². The molecule has 3 amide bonds. The molecule has 2 heterocycles. The summed E-state index contributed by atoms with van der Waals surface area (Å²) >= 11 is 0. The predicted octanol–water partition coefficient (Wildman–Crippen LogP) is 2.87. The zero-order valence-electron chi connectivity index (χ0n) is 24.1. The first-order valence-corrected chi connectivity index (χ1v) is 13.6. The topological polar surface area (TPSA) is 148 Å². The smallest absolute Gasteiger partial charge is 0.409 e. The molecule has 1 N–H and O–H groups in total. The number of ether oxygens (including phenoxy) is 2. The van der Waals surface area contributed by atoms with Crippen molar-refractivity contribution in [3.63, 3.8) is 0 Å². The third-order valence-electron chi connectivity index (χ3n) is 6.13. The number of rotatable bonds is 9. The summed E-state index contributed by atoms with van der Waals surface area (Å²) in [5.74, 6) is -1.77. The van der Waals surface area contributed by atoms with Gasteiger partial charge in [0.05, 0.1) is 6.61 Å². The van der Waals surface area contributed by atoms with E-state index in [4.69, 9.17) is 9.47 Å². The lowest BCUT2D eigenvalue weighted by Crippen LogP contribution is -2.56. The number of nitrogens with one attached hydrogen (secondary N) is 1. The molecule has 0 unspecified atom stereocenters. The van der Waals surface area contributed by atoms with E-state index in [1.165, 1.54) is 22.8 Å². The van der Waals surface area contributed by atoms with Gasteiger partial charge >= 0.3 is 12.1 Å². The zero-order chi connectivity index (χ0) is 30.2. The summed E-state index contributed by atoms with van der Waals surface area (Å²) in [6.07, 6.45) is -0.587. The van der Waals surface area contributed by atoms with Gasteiger partial charge in [-0.15, -0.1) is 0 Å². The molecule has 12 nitrogen and oxygen atoms in total. The Morgan fingerprint density at radius 3 is 2.15 bits per heavy atom. The second kappa shape index (κ2) is 13.8. The lowest BCUT2D eigenvalue weighted by atomic mass is 10.1. The molecule has 1 aliphatic rings. The average Bonchev–Trinajstić information content (AvgIpc) is 2.94. The molecule has 0 bridgehead atoms. The quantitative estimate of drug-likeness (QED) is 0.357.